The number of hydrogen-bond donors (Lipinski definition) is 0. The summed E-state index contributed by atoms with van der Waals surface area (Å²) in [7, 11) is 0. The highest BCUT2D eigenvalue weighted by atomic mass is 16.6. The van der Waals surface area contributed by atoms with E-state index in [4.69, 9.17) is 14.2 Å². The quantitative estimate of drug-likeness (QED) is 0.0199. The molecular formula is C60H106O6. The molecule has 0 rings (SSSR count). The van der Waals surface area contributed by atoms with E-state index in [1.54, 1.807) is 0 Å². The lowest BCUT2D eigenvalue weighted by atomic mass is 10.1. The van der Waals surface area contributed by atoms with Crippen LogP contribution in [0.1, 0.15) is 284 Å². The first kappa shape index (κ1) is 63.1. The SMILES string of the molecule is CC/C=C/C=C/C=C/CCCCCCCC(=O)OCC(COC(=O)CCCCCCCCC/C=C/CCCCCCCCCC)OC(=O)CCCCCCC/C=C/CCCCCCCCC. The van der Waals surface area contributed by atoms with Gasteiger partial charge in [0, 0.05) is 19.3 Å². The number of hydrogen-bond acceptors (Lipinski definition) is 6. The van der Waals surface area contributed by atoms with E-state index in [9.17, 15) is 14.4 Å². The molecule has 0 aliphatic rings. The van der Waals surface area contributed by atoms with Crippen molar-refractivity contribution in [2.45, 2.75) is 290 Å². The monoisotopic (exact) mass is 923 g/mol. The molecule has 0 aromatic rings. The average molecular weight is 924 g/mol. The molecule has 0 saturated heterocycles. The molecule has 0 fully saturated rings. The molecule has 0 aromatic carbocycles. The Balaban J connectivity index is 4.38. The molecule has 6 nitrogen and oxygen atoms in total. The minimum absolute atomic E-state index is 0.0857. The minimum atomic E-state index is -0.788. The van der Waals surface area contributed by atoms with Gasteiger partial charge >= 0.3 is 17.9 Å². The predicted octanol–water partition coefficient (Wildman–Crippen LogP) is 18.8. The van der Waals surface area contributed by atoms with Crippen molar-refractivity contribution >= 4 is 17.9 Å². The van der Waals surface area contributed by atoms with Gasteiger partial charge in [-0.05, 0) is 89.9 Å². The van der Waals surface area contributed by atoms with Gasteiger partial charge in [-0.15, -0.1) is 0 Å². The minimum Gasteiger partial charge on any atom is -0.462 e. The van der Waals surface area contributed by atoms with Crippen molar-refractivity contribution in [3.63, 3.8) is 0 Å². The Kier molecular flexibility index (Phi) is 52.3. The molecule has 1 atom stereocenters. The zero-order valence-electron chi connectivity index (χ0n) is 43.7. The van der Waals surface area contributed by atoms with E-state index >= 15 is 0 Å². The second-order valence-corrected chi connectivity index (χ2v) is 18.9. The zero-order valence-corrected chi connectivity index (χ0v) is 43.7. The maximum Gasteiger partial charge on any atom is 0.306 e. The van der Waals surface area contributed by atoms with Crippen LogP contribution in [0.5, 0.6) is 0 Å². The number of esters is 3. The molecule has 0 radical (unpaired) electrons. The Labute approximate surface area is 409 Å². The van der Waals surface area contributed by atoms with Gasteiger partial charge in [0.05, 0.1) is 0 Å². The van der Waals surface area contributed by atoms with E-state index in [-0.39, 0.29) is 31.1 Å². The molecule has 0 aliphatic heterocycles. The van der Waals surface area contributed by atoms with Crippen LogP contribution in [0.15, 0.2) is 60.8 Å². The van der Waals surface area contributed by atoms with Crippen molar-refractivity contribution < 1.29 is 28.6 Å². The molecule has 6 heteroatoms. The standard InChI is InChI=1S/C60H106O6/c1-4-7-10-13-16-19-22-25-27-29-30-31-33-35-38-41-44-47-50-53-59(62)65-56-57(55-64-58(61)52-49-46-43-40-37-34-24-21-18-15-12-9-6-3)66-60(63)54-51-48-45-42-39-36-32-28-26-23-20-17-14-11-8-5-2/h9,12,15,18,21,24,28-30,32,57H,4-8,10-11,13-14,16-17,19-20,22-23,25-27,31,33-56H2,1-3H3/b12-9+,18-15+,24-21+,30-29+,32-28+. The number of rotatable bonds is 51. The normalized spacial score (nSPS) is 12.5. The Bertz CT molecular complexity index is 1200. The van der Waals surface area contributed by atoms with Gasteiger partial charge in [-0.1, -0.05) is 236 Å². The van der Waals surface area contributed by atoms with Gasteiger partial charge in [-0.2, -0.15) is 0 Å². The third-order valence-corrected chi connectivity index (χ3v) is 12.3. The van der Waals surface area contributed by atoms with Crippen LogP contribution >= 0.6 is 0 Å². The fourth-order valence-electron chi connectivity index (χ4n) is 8.02. The van der Waals surface area contributed by atoms with Gasteiger partial charge in [0.15, 0.2) is 6.10 Å². The van der Waals surface area contributed by atoms with E-state index in [1.807, 2.05) is 0 Å². The smallest absolute Gasteiger partial charge is 0.306 e. The number of unbranched alkanes of at least 4 members (excludes halogenated alkanes) is 32. The molecule has 0 saturated carbocycles. The maximum absolute atomic E-state index is 12.8. The topological polar surface area (TPSA) is 78.9 Å². The van der Waals surface area contributed by atoms with E-state index < -0.39 is 6.10 Å². The Morgan fingerprint density at radius 1 is 0.318 bits per heavy atom. The Morgan fingerprint density at radius 2 is 0.606 bits per heavy atom. The van der Waals surface area contributed by atoms with Crippen LogP contribution < -0.4 is 0 Å². The summed E-state index contributed by atoms with van der Waals surface area (Å²) in [6, 6.07) is 0. The maximum atomic E-state index is 12.8. The summed E-state index contributed by atoms with van der Waals surface area (Å²) in [4.78, 5) is 38.1. The first-order valence-electron chi connectivity index (χ1n) is 28.3. The molecule has 0 bridgehead atoms. The van der Waals surface area contributed by atoms with Gasteiger partial charge in [0.2, 0.25) is 0 Å². The predicted molar refractivity (Wildman–Crippen MR) is 284 cm³/mol. The van der Waals surface area contributed by atoms with Crippen molar-refractivity contribution in [3.05, 3.63) is 60.8 Å². The van der Waals surface area contributed by atoms with Gasteiger partial charge in [-0.25, -0.2) is 0 Å². The summed E-state index contributed by atoms with van der Waals surface area (Å²) in [5.74, 6) is -0.910. The summed E-state index contributed by atoms with van der Waals surface area (Å²) in [6.45, 7) is 6.50. The highest BCUT2D eigenvalue weighted by molar-refractivity contribution is 5.71. The van der Waals surface area contributed by atoms with Crippen LogP contribution in [0.2, 0.25) is 0 Å². The Morgan fingerprint density at radius 3 is 0.955 bits per heavy atom. The molecule has 0 aliphatic carbocycles. The molecule has 66 heavy (non-hydrogen) atoms. The largest absolute Gasteiger partial charge is 0.462 e. The van der Waals surface area contributed by atoms with E-state index in [0.29, 0.717) is 19.3 Å². The molecule has 382 valence electrons. The summed E-state index contributed by atoms with van der Waals surface area (Å²) in [5, 5.41) is 0. The molecule has 0 amide bonds. The fourth-order valence-corrected chi connectivity index (χ4v) is 8.02. The summed E-state index contributed by atoms with van der Waals surface area (Å²) < 4.78 is 16.8. The molecule has 0 aromatic heterocycles. The van der Waals surface area contributed by atoms with Crippen LogP contribution in [-0.4, -0.2) is 37.2 Å². The van der Waals surface area contributed by atoms with Gasteiger partial charge in [0.1, 0.15) is 13.2 Å². The van der Waals surface area contributed by atoms with Crippen LogP contribution in [0.25, 0.3) is 0 Å². The van der Waals surface area contributed by atoms with Crippen LogP contribution in [0.4, 0.5) is 0 Å². The number of ether oxygens (including phenoxy) is 3. The molecular weight excluding hydrogens is 817 g/mol. The van der Waals surface area contributed by atoms with Gasteiger partial charge < -0.3 is 14.2 Å². The number of carbonyl (C=O) groups excluding carboxylic acids is 3. The third-order valence-electron chi connectivity index (χ3n) is 12.3. The van der Waals surface area contributed by atoms with Crippen LogP contribution in [-0.2, 0) is 28.6 Å². The first-order chi connectivity index (χ1) is 32.5. The lowest BCUT2D eigenvalue weighted by molar-refractivity contribution is -0.167. The highest BCUT2D eigenvalue weighted by Crippen LogP contribution is 2.15. The summed E-state index contributed by atoms with van der Waals surface area (Å²) >= 11 is 0. The highest BCUT2D eigenvalue weighted by Gasteiger charge is 2.19. The average Bonchev–Trinajstić information content (AvgIpc) is 3.31. The Hall–Kier alpha value is -2.89. The summed E-state index contributed by atoms with van der Waals surface area (Å²) in [6.07, 6.45) is 67.8. The van der Waals surface area contributed by atoms with E-state index in [1.165, 1.54) is 148 Å². The zero-order chi connectivity index (χ0) is 47.9. The second-order valence-electron chi connectivity index (χ2n) is 18.9. The fraction of sp³-hybridized carbons (Fsp3) is 0.783. The first-order valence-corrected chi connectivity index (χ1v) is 28.3. The third kappa shape index (κ3) is 52.1. The van der Waals surface area contributed by atoms with Gasteiger partial charge in [0.25, 0.3) is 0 Å². The van der Waals surface area contributed by atoms with E-state index in [0.717, 1.165) is 96.3 Å². The molecule has 0 N–H and O–H groups in total. The number of carbonyl (C=O) groups is 3. The molecule has 1 unspecified atom stereocenters. The summed E-state index contributed by atoms with van der Waals surface area (Å²) in [5.41, 5.74) is 0. The van der Waals surface area contributed by atoms with Gasteiger partial charge in [-0.3, -0.25) is 14.4 Å². The second kappa shape index (κ2) is 54.7. The molecule has 0 heterocycles. The van der Waals surface area contributed by atoms with Crippen LogP contribution in [0.3, 0.4) is 0 Å². The van der Waals surface area contributed by atoms with E-state index in [2.05, 4.69) is 81.5 Å². The molecule has 0 spiro atoms. The lowest BCUT2D eigenvalue weighted by Gasteiger charge is -2.18. The van der Waals surface area contributed by atoms with Crippen molar-refractivity contribution in [3.8, 4) is 0 Å². The van der Waals surface area contributed by atoms with Crippen molar-refractivity contribution in [1.29, 1.82) is 0 Å². The lowest BCUT2D eigenvalue weighted by Crippen LogP contribution is -2.30. The van der Waals surface area contributed by atoms with Crippen molar-refractivity contribution in [2.75, 3.05) is 13.2 Å². The van der Waals surface area contributed by atoms with Crippen LogP contribution in [0, 0.1) is 0 Å². The van der Waals surface area contributed by atoms with Crippen molar-refractivity contribution in [1.82, 2.24) is 0 Å². The van der Waals surface area contributed by atoms with Crippen molar-refractivity contribution in [2.24, 2.45) is 0 Å². The number of allylic oxidation sites excluding steroid dienone is 10.